The molecule has 2 heterocycles. The van der Waals surface area contributed by atoms with Crippen molar-refractivity contribution >= 4 is 95.3 Å². The lowest BCUT2D eigenvalue weighted by Gasteiger charge is -2.26. The second kappa shape index (κ2) is 13.1. The van der Waals surface area contributed by atoms with E-state index in [1.54, 1.807) is 0 Å². The van der Waals surface area contributed by atoms with Crippen LogP contribution in [0.1, 0.15) is 0 Å². The molecular weight excluding hydrogens is 785 g/mol. The first-order chi connectivity index (χ1) is 30.8. The smallest absolute Gasteiger partial charge is 0.0434 e. The van der Waals surface area contributed by atoms with Gasteiger partial charge in [0.2, 0.25) is 0 Å². The van der Waals surface area contributed by atoms with Gasteiger partial charge in [-0.15, -0.1) is 22.7 Å². The second-order valence-corrected chi connectivity index (χ2v) is 18.7. The number of thiophene rings is 2. The highest BCUT2D eigenvalue weighted by Gasteiger charge is 2.27. The topological polar surface area (TPSA) is 0 Å². The molecule has 2 aromatic heterocycles. The van der Waals surface area contributed by atoms with Gasteiger partial charge in [0.15, 0.2) is 0 Å². The van der Waals surface area contributed by atoms with E-state index in [0.717, 1.165) is 0 Å². The Labute approximate surface area is 366 Å². The quantitative estimate of drug-likeness (QED) is 0.152. The zero-order valence-electron chi connectivity index (χ0n) is 33.4. The van der Waals surface area contributed by atoms with Crippen LogP contribution in [0.3, 0.4) is 0 Å². The minimum atomic E-state index is 1.23. The molecule has 0 saturated carbocycles. The third kappa shape index (κ3) is 4.82. The van der Waals surface area contributed by atoms with Gasteiger partial charge in [0.05, 0.1) is 0 Å². The molecule has 1 aliphatic rings. The Kier molecular flexibility index (Phi) is 7.24. The maximum Gasteiger partial charge on any atom is 0.0434 e. The summed E-state index contributed by atoms with van der Waals surface area (Å²) in [5, 5.41) is 13.0. The molecule has 13 aromatic rings. The lowest BCUT2D eigenvalue weighted by molar-refractivity contribution is 1.53. The molecule has 286 valence electrons. The molecule has 0 atom stereocenters. The van der Waals surface area contributed by atoms with E-state index in [9.17, 15) is 0 Å². The Morgan fingerprint density at radius 3 is 1.23 bits per heavy atom. The maximum absolute atomic E-state index is 2.52. The van der Waals surface area contributed by atoms with Gasteiger partial charge in [-0.05, 0) is 124 Å². The van der Waals surface area contributed by atoms with Crippen LogP contribution in [0.25, 0.3) is 139 Å². The molecule has 2 heteroatoms. The molecule has 0 radical (unpaired) electrons. The summed E-state index contributed by atoms with van der Waals surface area (Å²) in [6, 6.07) is 77.8. The van der Waals surface area contributed by atoms with Crippen LogP contribution in [-0.2, 0) is 0 Å². The van der Waals surface area contributed by atoms with Crippen molar-refractivity contribution in [3.8, 4) is 66.8 Å². The fourth-order valence-corrected chi connectivity index (χ4v) is 13.2. The zero-order valence-corrected chi connectivity index (χ0v) is 35.1. The van der Waals surface area contributed by atoms with Crippen molar-refractivity contribution in [3.05, 3.63) is 206 Å². The molecule has 0 nitrogen and oxygen atoms in total. The summed E-state index contributed by atoms with van der Waals surface area (Å²) < 4.78 is 5.31. The number of fused-ring (bicyclic) bond motifs is 20. The van der Waals surface area contributed by atoms with E-state index in [0.29, 0.717) is 0 Å². The third-order valence-electron chi connectivity index (χ3n) is 13.4. The molecule has 0 aliphatic heterocycles. The lowest BCUT2D eigenvalue weighted by atomic mass is 9.77. The molecule has 0 amide bonds. The van der Waals surface area contributed by atoms with Crippen molar-refractivity contribution in [2.45, 2.75) is 0 Å². The molecule has 0 bridgehead atoms. The van der Waals surface area contributed by atoms with Gasteiger partial charge in [-0.1, -0.05) is 176 Å². The normalized spacial score (nSPS) is 12.2. The first-order valence-corrected chi connectivity index (χ1v) is 23.0. The van der Waals surface area contributed by atoms with Crippen LogP contribution in [0.4, 0.5) is 0 Å². The first kappa shape index (κ1) is 34.4. The van der Waals surface area contributed by atoms with Gasteiger partial charge in [-0.2, -0.15) is 0 Å². The Hall–Kier alpha value is -7.36. The zero-order chi connectivity index (χ0) is 40.5. The SMILES string of the molecule is c1ccc2c(c1)-c1cc3c4ccccc4c4ccccc4c3cc1-c1cc(-c3cccc4c3sc3ccccc34)ccc1-c1cccc(-c3cccc4c3sc3ccccc34)c1-2. The number of rotatable bonds is 2. The van der Waals surface area contributed by atoms with Gasteiger partial charge in [-0.25, -0.2) is 0 Å². The first-order valence-electron chi connectivity index (χ1n) is 21.3. The monoisotopic (exact) mass is 818 g/mol. The molecule has 0 spiro atoms. The standard InChI is InChI=1S/C60H34S2/c1-3-16-39-37(14-1)38-15-2-4-17-40(38)53-34-55-51-32-35(36-22-11-25-48-43-19-7-9-28-56(43)61-59(36)48)30-31-42(51)46-23-12-24-47(58(46)45-21-6-5-18-41(45)54(55)33-52(39)53)50-27-13-26-49-44-20-8-10-29-57(44)62-60(49)50/h1-34H. The molecule has 62 heavy (non-hydrogen) atoms. The Bertz CT molecular complexity index is 4050. The predicted molar refractivity (Wildman–Crippen MR) is 271 cm³/mol. The van der Waals surface area contributed by atoms with Crippen LogP contribution in [0.5, 0.6) is 0 Å². The maximum atomic E-state index is 2.52. The molecular formula is C60H34S2. The van der Waals surface area contributed by atoms with Gasteiger partial charge in [0.25, 0.3) is 0 Å². The minimum absolute atomic E-state index is 1.23. The van der Waals surface area contributed by atoms with Crippen LogP contribution in [0, 0.1) is 0 Å². The number of hydrogen-bond acceptors (Lipinski definition) is 2. The Morgan fingerprint density at radius 2 is 0.597 bits per heavy atom. The molecule has 1 aliphatic carbocycles. The number of hydrogen-bond donors (Lipinski definition) is 0. The molecule has 11 aromatic carbocycles. The van der Waals surface area contributed by atoms with E-state index in [1.165, 1.54) is 139 Å². The average Bonchev–Trinajstić information content (AvgIpc) is 3.92. The van der Waals surface area contributed by atoms with Crippen molar-refractivity contribution in [1.29, 1.82) is 0 Å². The lowest BCUT2D eigenvalue weighted by Crippen LogP contribution is -2.00. The van der Waals surface area contributed by atoms with Gasteiger partial charge >= 0.3 is 0 Å². The van der Waals surface area contributed by atoms with Crippen LogP contribution < -0.4 is 0 Å². The molecule has 0 N–H and O–H groups in total. The van der Waals surface area contributed by atoms with E-state index in [-0.39, 0.29) is 0 Å². The highest BCUT2D eigenvalue weighted by Crippen LogP contribution is 2.54. The summed E-state index contributed by atoms with van der Waals surface area (Å²) in [7, 11) is 0. The van der Waals surface area contributed by atoms with Crippen LogP contribution in [0.15, 0.2) is 206 Å². The summed E-state index contributed by atoms with van der Waals surface area (Å²) >= 11 is 3.80. The Morgan fingerprint density at radius 1 is 0.210 bits per heavy atom. The third-order valence-corrected chi connectivity index (χ3v) is 15.9. The molecule has 0 unspecified atom stereocenters. The van der Waals surface area contributed by atoms with Gasteiger partial charge in [0, 0.05) is 45.9 Å². The van der Waals surface area contributed by atoms with Crippen molar-refractivity contribution in [3.63, 3.8) is 0 Å². The van der Waals surface area contributed by atoms with E-state index in [1.807, 2.05) is 22.7 Å². The summed E-state index contributed by atoms with van der Waals surface area (Å²) in [6.45, 7) is 0. The van der Waals surface area contributed by atoms with Crippen molar-refractivity contribution < 1.29 is 0 Å². The second-order valence-electron chi connectivity index (χ2n) is 16.6. The molecule has 14 rings (SSSR count). The summed E-state index contributed by atoms with van der Waals surface area (Å²) in [4.78, 5) is 0. The van der Waals surface area contributed by atoms with Crippen molar-refractivity contribution in [2.75, 3.05) is 0 Å². The average molecular weight is 819 g/mol. The van der Waals surface area contributed by atoms with Gasteiger partial charge in [-0.3, -0.25) is 0 Å². The van der Waals surface area contributed by atoms with E-state index in [4.69, 9.17) is 0 Å². The fraction of sp³-hybridized carbons (Fsp3) is 0. The van der Waals surface area contributed by atoms with Gasteiger partial charge < -0.3 is 0 Å². The van der Waals surface area contributed by atoms with Crippen LogP contribution >= 0.6 is 22.7 Å². The summed E-state index contributed by atoms with van der Waals surface area (Å²) in [5.74, 6) is 0. The highest BCUT2D eigenvalue weighted by atomic mass is 32.1. The summed E-state index contributed by atoms with van der Waals surface area (Å²) in [5.41, 5.74) is 15.1. The summed E-state index contributed by atoms with van der Waals surface area (Å²) in [6.07, 6.45) is 0. The Balaban J connectivity index is 1.13. The highest BCUT2D eigenvalue weighted by molar-refractivity contribution is 7.26. The fourth-order valence-electron chi connectivity index (χ4n) is 10.7. The van der Waals surface area contributed by atoms with E-state index < -0.39 is 0 Å². The van der Waals surface area contributed by atoms with Crippen LogP contribution in [-0.4, -0.2) is 0 Å². The van der Waals surface area contributed by atoms with Crippen molar-refractivity contribution in [1.82, 2.24) is 0 Å². The largest absolute Gasteiger partial charge is 0.135 e. The predicted octanol–water partition coefficient (Wildman–Crippen LogP) is 18.2. The van der Waals surface area contributed by atoms with Gasteiger partial charge in [0.1, 0.15) is 0 Å². The minimum Gasteiger partial charge on any atom is -0.135 e. The molecule has 0 fully saturated rings. The van der Waals surface area contributed by atoms with Crippen LogP contribution in [0.2, 0.25) is 0 Å². The van der Waals surface area contributed by atoms with E-state index in [2.05, 4.69) is 206 Å². The molecule has 0 saturated heterocycles. The van der Waals surface area contributed by atoms with Crippen molar-refractivity contribution in [2.24, 2.45) is 0 Å². The van der Waals surface area contributed by atoms with E-state index >= 15 is 0 Å². The number of benzene rings is 11.